The van der Waals surface area contributed by atoms with E-state index in [1.165, 1.54) is 0 Å². The number of hydrogen-bond donors (Lipinski definition) is 1. The van der Waals surface area contributed by atoms with Gasteiger partial charge in [0.05, 0.1) is 12.2 Å². The van der Waals surface area contributed by atoms with Gasteiger partial charge in [0.1, 0.15) is 6.10 Å². The Hall–Kier alpha value is -0.950. The number of ether oxygens (including phenoxy) is 1. The van der Waals surface area contributed by atoms with Gasteiger partial charge in [0.2, 0.25) is 5.82 Å². The van der Waals surface area contributed by atoms with E-state index in [2.05, 4.69) is 31.4 Å². The number of benzene rings is 1. The Kier molecular flexibility index (Phi) is 3.83. The third kappa shape index (κ3) is 2.81. The second-order valence-electron chi connectivity index (χ2n) is 4.15. The summed E-state index contributed by atoms with van der Waals surface area (Å²) < 4.78 is 11.7. The first-order valence-electron chi connectivity index (χ1n) is 5.85. The molecule has 2 heterocycles. The van der Waals surface area contributed by atoms with Gasteiger partial charge in [-0.3, -0.25) is 0 Å². The summed E-state index contributed by atoms with van der Waals surface area (Å²) in [5, 5.41) is 7.82. The predicted molar refractivity (Wildman–Crippen MR) is 74.0 cm³/mol. The lowest BCUT2D eigenvalue weighted by atomic mass is 10.2. The van der Waals surface area contributed by atoms with Gasteiger partial charge in [-0.2, -0.15) is 4.98 Å². The quantitative estimate of drug-likeness (QED) is 0.908. The molecule has 0 bridgehead atoms. The van der Waals surface area contributed by atoms with Crippen molar-refractivity contribution in [1.29, 1.82) is 0 Å². The van der Waals surface area contributed by atoms with Crippen molar-refractivity contribution in [2.75, 3.05) is 19.7 Å². The molecular weight excluding hydrogens is 334 g/mol. The van der Waals surface area contributed by atoms with Crippen LogP contribution in [0.15, 0.2) is 27.2 Å². The molecule has 19 heavy (non-hydrogen) atoms. The van der Waals surface area contributed by atoms with Crippen LogP contribution in [0.2, 0.25) is 5.02 Å². The van der Waals surface area contributed by atoms with E-state index in [4.69, 9.17) is 20.9 Å². The predicted octanol–water partition coefficient (Wildman–Crippen LogP) is 2.81. The topological polar surface area (TPSA) is 60.2 Å². The second kappa shape index (κ2) is 5.58. The lowest BCUT2D eigenvalue weighted by Gasteiger charge is -2.20. The molecule has 1 aromatic carbocycles. The molecule has 1 aromatic heterocycles. The minimum atomic E-state index is -0.163. The highest BCUT2D eigenvalue weighted by molar-refractivity contribution is 9.10. The van der Waals surface area contributed by atoms with Crippen molar-refractivity contribution in [3.63, 3.8) is 0 Å². The number of rotatable bonds is 2. The standard InChI is InChI=1S/C12H11BrClN3O2/c13-9-2-1-7(14)5-8(9)12-16-11(17-19-12)10-6-15-3-4-18-10/h1-2,5,10,15H,3-4,6H2. The third-order valence-corrected chi connectivity index (χ3v) is 3.74. The van der Waals surface area contributed by atoms with E-state index in [1.807, 2.05) is 6.07 Å². The van der Waals surface area contributed by atoms with Crippen molar-refractivity contribution in [1.82, 2.24) is 15.5 Å². The molecule has 1 saturated heterocycles. The van der Waals surface area contributed by atoms with Crippen LogP contribution < -0.4 is 5.32 Å². The molecule has 1 aliphatic heterocycles. The molecule has 1 atom stereocenters. The smallest absolute Gasteiger partial charge is 0.259 e. The Morgan fingerprint density at radius 3 is 3.11 bits per heavy atom. The van der Waals surface area contributed by atoms with Crippen LogP contribution in [0.4, 0.5) is 0 Å². The van der Waals surface area contributed by atoms with Gasteiger partial charge >= 0.3 is 0 Å². The van der Waals surface area contributed by atoms with Crippen LogP contribution in [0.25, 0.3) is 11.5 Å². The first kappa shape index (κ1) is 13.1. The van der Waals surface area contributed by atoms with Crippen molar-refractivity contribution in [2.24, 2.45) is 0 Å². The minimum absolute atomic E-state index is 0.163. The molecule has 7 heteroatoms. The zero-order valence-corrected chi connectivity index (χ0v) is 12.2. The van der Waals surface area contributed by atoms with Crippen LogP contribution in [0.3, 0.4) is 0 Å². The average molecular weight is 345 g/mol. The number of hydrogen-bond acceptors (Lipinski definition) is 5. The van der Waals surface area contributed by atoms with E-state index in [1.54, 1.807) is 12.1 Å². The Morgan fingerprint density at radius 1 is 1.42 bits per heavy atom. The molecule has 0 aliphatic carbocycles. The van der Waals surface area contributed by atoms with Crippen LogP contribution >= 0.6 is 27.5 Å². The van der Waals surface area contributed by atoms with Gasteiger partial charge in [0.15, 0.2) is 0 Å². The summed E-state index contributed by atoms with van der Waals surface area (Å²) in [7, 11) is 0. The Bertz CT molecular complexity index is 584. The molecule has 0 radical (unpaired) electrons. The van der Waals surface area contributed by atoms with E-state index in [0.29, 0.717) is 29.9 Å². The van der Waals surface area contributed by atoms with Crippen molar-refractivity contribution >= 4 is 27.5 Å². The summed E-state index contributed by atoms with van der Waals surface area (Å²) in [5.41, 5.74) is 0.773. The van der Waals surface area contributed by atoms with Gasteiger partial charge in [-0.25, -0.2) is 0 Å². The molecule has 0 saturated carbocycles. The molecule has 1 unspecified atom stereocenters. The Morgan fingerprint density at radius 2 is 2.32 bits per heavy atom. The number of nitrogens with zero attached hydrogens (tertiary/aromatic N) is 2. The molecule has 100 valence electrons. The Balaban J connectivity index is 1.89. The summed E-state index contributed by atoms with van der Waals surface area (Å²) in [6.07, 6.45) is -0.163. The molecule has 0 amide bonds. The van der Waals surface area contributed by atoms with Crippen LogP contribution in [0.5, 0.6) is 0 Å². The zero-order chi connectivity index (χ0) is 13.2. The van der Waals surface area contributed by atoms with Crippen LogP contribution in [0.1, 0.15) is 11.9 Å². The van der Waals surface area contributed by atoms with Gasteiger partial charge in [0.25, 0.3) is 5.89 Å². The molecule has 0 spiro atoms. The lowest BCUT2D eigenvalue weighted by molar-refractivity contribution is 0.0208. The van der Waals surface area contributed by atoms with E-state index in [0.717, 1.165) is 16.6 Å². The summed E-state index contributed by atoms with van der Waals surface area (Å²) in [5.74, 6) is 0.979. The minimum Gasteiger partial charge on any atom is -0.367 e. The van der Waals surface area contributed by atoms with Crippen LogP contribution in [-0.4, -0.2) is 29.8 Å². The summed E-state index contributed by atoms with van der Waals surface area (Å²) >= 11 is 9.42. The highest BCUT2D eigenvalue weighted by Gasteiger charge is 2.22. The summed E-state index contributed by atoms with van der Waals surface area (Å²) in [6, 6.07) is 5.42. The highest BCUT2D eigenvalue weighted by atomic mass is 79.9. The largest absolute Gasteiger partial charge is 0.367 e. The molecule has 1 N–H and O–H groups in total. The van der Waals surface area contributed by atoms with Crippen molar-refractivity contribution in [3.05, 3.63) is 33.5 Å². The average Bonchev–Trinajstić information content (AvgIpc) is 2.92. The zero-order valence-electron chi connectivity index (χ0n) is 9.90. The van der Waals surface area contributed by atoms with Gasteiger partial charge in [-0.05, 0) is 34.1 Å². The molecule has 1 aliphatic rings. The Labute approximate surface area is 123 Å². The van der Waals surface area contributed by atoms with Crippen LogP contribution in [-0.2, 0) is 4.74 Å². The van der Waals surface area contributed by atoms with Crippen LogP contribution in [0, 0.1) is 0 Å². The number of nitrogens with one attached hydrogen (secondary N) is 1. The molecule has 2 aromatic rings. The van der Waals surface area contributed by atoms with Crippen molar-refractivity contribution < 1.29 is 9.26 Å². The van der Waals surface area contributed by atoms with Gasteiger partial charge in [-0.1, -0.05) is 16.8 Å². The fourth-order valence-corrected chi connectivity index (χ4v) is 2.46. The normalized spacial score (nSPS) is 19.6. The molecule has 3 rings (SSSR count). The first-order valence-corrected chi connectivity index (χ1v) is 7.02. The van der Waals surface area contributed by atoms with E-state index >= 15 is 0 Å². The fourth-order valence-electron chi connectivity index (χ4n) is 1.87. The lowest BCUT2D eigenvalue weighted by Crippen LogP contribution is -2.33. The summed E-state index contributed by atoms with van der Waals surface area (Å²) in [4.78, 5) is 4.37. The molecule has 5 nitrogen and oxygen atoms in total. The van der Waals surface area contributed by atoms with E-state index in [-0.39, 0.29) is 6.10 Å². The maximum Gasteiger partial charge on any atom is 0.259 e. The van der Waals surface area contributed by atoms with Gasteiger partial charge in [0, 0.05) is 22.6 Å². The highest BCUT2D eigenvalue weighted by Crippen LogP contribution is 2.30. The number of morpholine rings is 1. The van der Waals surface area contributed by atoms with E-state index in [9.17, 15) is 0 Å². The summed E-state index contributed by atoms with van der Waals surface area (Å²) in [6.45, 7) is 2.19. The monoisotopic (exact) mass is 343 g/mol. The first-order chi connectivity index (χ1) is 9.24. The van der Waals surface area contributed by atoms with E-state index < -0.39 is 0 Å². The van der Waals surface area contributed by atoms with Crippen molar-refractivity contribution in [3.8, 4) is 11.5 Å². The number of halogens is 2. The molecular formula is C12H11BrClN3O2. The number of aromatic nitrogens is 2. The molecule has 1 fully saturated rings. The fraction of sp³-hybridized carbons (Fsp3) is 0.333. The SMILES string of the molecule is Clc1ccc(Br)c(-c2nc(C3CNCCO3)no2)c1. The third-order valence-electron chi connectivity index (χ3n) is 2.82. The second-order valence-corrected chi connectivity index (χ2v) is 5.44. The van der Waals surface area contributed by atoms with Gasteiger partial charge in [-0.15, -0.1) is 0 Å². The maximum absolute atomic E-state index is 5.98. The maximum atomic E-state index is 5.98. The van der Waals surface area contributed by atoms with Gasteiger partial charge < -0.3 is 14.6 Å². The van der Waals surface area contributed by atoms with Crippen molar-refractivity contribution in [2.45, 2.75) is 6.10 Å².